The van der Waals surface area contributed by atoms with E-state index in [9.17, 15) is 9.59 Å². The van der Waals surface area contributed by atoms with Crippen molar-refractivity contribution in [2.45, 2.75) is 0 Å². The van der Waals surface area contributed by atoms with Crippen molar-refractivity contribution >= 4 is 11.9 Å². The summed E-state index contributed by atoms with van der Waals surface area (Å²) in [5.74, 6) is -2.09. The van der Waals surface area contributed by atoms with Gasteiger partial charge in [0.2, 0.25) is 0 Å². The van der Waals surface area contributed by atoms with E-state index in [4.69, 9.17) is 10.2 Å². The molecule has 0 aliphatic rings. The molecule has 86 valence electrons. The Kier molecular flexibility index (Phi) is 2.66. The summed E-state index contributed by atoms with van der Waals surface area (Å²) < 4.78 is 1.48. The van der Waals surface area contributed by atoms with Crippen LogP contribution in [0.1, 0.15) is 20.7 Å². The third-order valence-corrected chi connectivity index (χ3v) is 2.35. The van der Waals surface area contributed by atoms with Gasteiger partial charge in [-0.25, -0.2) is 9.59 Å². The summed E-state index contributed by atoms with van der Waals surface area (Å²) >= 11 is 0. The number of aromatic nitrogens is 1. The van der Waals surface area contributed by atoms with Crippen molar-refractivity contribution in [3.8, 4) is 5.69 Å². The van der Waals surface area contributed by atoms with Crippen molar-refractivity contribution < 1.29 is 19.8 Å². The molecule has 1 aromatic carbocycles. The lowest BCUT2D eigenvalue weighted by Crippen LogP contribution is -2.03. The van der Waals surface area contributed by atoms with Crippen LogP contribution in [0.15, 0.2) is 42.7 Å². The van der Waals surface area contributed by atoms with E-state index in [1.807, 2.05) is 0 Å². The average Bonchev–Trinajstić information content (AvgIpc) is 2.78. The minimum absolute atomic E-state index is 0.116. The minimum Gasteiger partial charge on any atom is -0.478 e. The maximum absolute atomic E-state index is 11.0. The lowest BCUT2D eigenvalue weighted by atomic mass is 10.2. The highest BCUT2D eigenvalue weighted by molar-refractivity contribution is 5.92. The van der Waals surface area contributed by atoms with Crippen LogP contribution in [-0.2, 0) is 0 Å². The van der Waals surface area contributed by atoms with E-state index >= 15 is 0 Å². The molecule has 0 atom stereocenters. The summed E-state index contributed by atoms with van der Waals surface area (Å²) in [5, 5.41) is 17.8. The molecule has 0 amide bonds. The minimum atomic E-state index is -1.05. The van der Waals surface area contributed by atoms with E-state index in [-0.39, 0.29) is 11.1 Å². The van der Waals surface area contributed by atoms with Crippen LogP contribution in [0.4, 0.5) is 0 Å². The van der Waals surface area contributed by atoms with Gasteiger partial charge in [0.15, 0.2) is 0 Å². The van der Waals surface area contributed by atoms with Crippen LogP contribution >= 0.6 is 0 Å². The second-order valence-electron chi connectivity index (χ2n) is 3.43. The van der Waals surface area contributed by atoms with Gasteiger partial charge in [-0.15, -0.1) is 0 Å². The normalized spacial score (nSPS) is 10.1. The van der Waals surface area contributed by atoms with Crippen LogP contribution < -0.4 is 0 Å². The molecule has 0 aliphatic carbocycles. The molecule has 2 aromatic rings. The Morgan fingerprint density at radius 1 is 1.00 bits per heavy atom. The first-order chi connectivity index (χ1) is 8.09. The second-order valence-corrected chi connectivity index (χ2v) is 3.43. The summed E-state index contributed by atoms with van der Waals surface area (Å²) in [5.41, 5.74) is 0.678. The molecule has 0 aliphatic heterocycles. The van der Waals surface area contributed by atoms with Gasteiger partial charge in [-0.2, -0.15) is 0 Å². The predicted molar refractivity (Wildman–Crippen MR) is 59.7 cm³/mol. The fourth-order valence-corrected chi connectivity index (χ4v) is 1.55. The monoisotopic (exact) mass is 231 g/mol. The number of aromatic carboxylic acids is 2. The SMILES string of the molecule is O=C(O)c1ccn(-c2ccccc2C(=O)O)c1. The lowest BCUT2D eigenvalue weighted by molar-refractivity contribution is 0.0687. The zero-order valence-corrected chi connectivity index (χ0v) is 8.70. The van der Waals surface area contributed by atoms with E-state index < -0.39 is 11.9 Å². The number of rotatable bonds is 3. The highest BCUT2D eigenvalue weighted by atomic mass is 16.4. The highest BCUT2D eigenvalue weighted by Gasteiger charge is 2.12. The number of nitrogens with zero attached hydrogens (tertiary/aromatic N) is 1. The molecule has 1 heterocycles. The molecule has 0 radical (unpaired) electrons. The molecule has 0 saturated heterocycles. The number of para-hydroxylation sites is 1. The largest absolute Gasteiger partial charge is 0.478 e. The Morgan fingerprint density at radius 3 is 2.29 bits per heavy atom. The molecular formula is C12H9NO4. The first kappa shape index (κ1) is 10.9. The Hall–Kier alpha value is -2.56. The van der Waals surface area contributed by atoms with Crippen molar-refractivity contribution in [1.82, 2.24) is 4.57 Å². The Bertz CT molecular complexity index is 586. The molecule has 2 N–H and O–H groups in total. The van der Waals surface area contributed by atoms with Gasteiger partial charge in [-0.1, -0.05) is 12.1 Å². The van der Waals surface area contributed by atoms with Gasteiger partial charge in [-0.05, 0) is 18.2 Å². The van der Waals surface area contributed by atoms with E-state index in [1.54, 1.807) is 18.2 Å². The molecule has 0 fully saturated rings. The van der Waals surface area contributed by atoms with E-state index in [2.05, 4.69) is 0 Å². The van der Waals surface area contributed by atoms with E-state index in [0.29, 0.717) is 5.69 Å². The topological polar surface area (TPSA) is 79.5 Å². The van der Waals surface area contributed by atoms with Crippen molar-refractivity contribution in [3.05, 3.63) is 53.9 Å². The number of carboxylic acids is 2. The first-order valence-electron chi connectivity index (χ1n) is 4.83. The van der Waals surface area contributed by atoms with Gasteiger partial charge in [0.25, 0.3) is 0 Å². The zero-order valence-electron chi connectivity index (χ0n) is 8.70. The molecule has 1 aromatic heterocycles. The second kappa shape index (κ2) is 4.13. The van der Waals surface area contributed by atoms with Crippen molar-refractivity contribution in [2.24, 2.45) is 0 Å². The van der Waals surface area contributed by atoms with Crippen molar-refractivity contribution in [3.63, 3.8) is 0 Å². The lowest BCUT2D eigenvalue weighted by Gasteiger charge is -2.06. The number of carboxylic acid groups (broad SMARTS) is 2. The zero-order chi connectivity index (χ0) is 12.4. The summed E-state index contributed by atoms with van der Waals surface area (Å²) in [4.78, 5) is 21.7. The average molecular weight is 231 g/mol. The molecule has 2 rings (SSSR count). The van der Waals surface area contributed by atoms with Gasteiger partial charge in [0.05, 0.1) is 16.8 Å². The van der Waals surface area contributed by atoms with Crippen LogP contribution in [-0.4, -0.2) is 26.7 Å². The smallest absolute Gasteiger partial charge is 0.337 e. The number of hydrogen-bond donors (Lipinski definition) is 2. The fraction of sp³-hybridized carbons (Fsp3) is 0. The molecule has 5 nitrogen and oxygen atoms in total. The van der Waals surface area contributed by atoms with Gasteiger partial charge in [-0.3, -0.25) is 0 Å². The van der Waals surface area contributed by atoms with E-state index in [0.717, 1.165) is 0 Å². The fourth-order valence-electron chi connectivity index (χ4n) is 1.55. The number of benzene rings is 1. The third-order valence-electron chi connectivity index (χ3n) is 2.35. The van der Waals surface area contributed by atoms with Crippen LogP contribution in [0, 0.1) is 0 Å². The maximum Gasteiger partial charge on any atom is 0.337 e. The Morgan fingerprint density at radius 2 is 1.71 bits per heavy atom. The molecule has 0 bridgehead atoms. The summed E-state index contributed by atoms with van der Waals surface area (Å²) in [6.45, 7) is 0. The van der Waals surface area contributed by atoms with Gasteiger partial charge >= 0.3 is 11.9 Å². The number of hydrogen-bond acceptors (Lipinski definition) is 2. The van der Waals surface area contributed by atoms with Crippen molar-refractivity contribution in [2.75, 3.05) is 0 Å². The van der Waals surface area contributed by atoms with E-state index in [1.165, 1.54) is 29.1 Å². The predicted octanol–water partition coefficient (Wildman–Crippen LogP) is 1.87. The van der Waals surface area contributed by atoms with Gasteiger partial charge in [0, 0.05) is 12.4 Å². The third kappa shape index (κ3) is 2.03. The standard InChI is InChI=1S/C12H9NO4/c14-11(15)8-5-6-13(7-8)10-4-2-1-3-9(10)12(16)17/h1-7H,(H,14,15)(H,16,17). The summed E-state index contributed by atoms with van der Waals surface area (Å²) in [6, 6.07) is 7.82. The first-order valence-corrected chi connectivity index (χ1v) is 4.83. The summed E-state index contributed by atoms with van der Waals surface area (Å²) in [6.07, 6.45) is 2.90. The van der Waals surface area contributed by atoms with Crippen LogP contribution in [0.2, 0.25) is 0 Å². The van der Waals surface area contributed by atoms with Crippen molar-refractivity contribution in [1.29, 1.82) is 0 Å². The summed E-state index contributed by atoms with van der Waals surface area (Å²) in [7, 11) is 0. The van der Waals surface area contributed by atoms with Gasteiger partial charge in [0.1, 0.15) is 0 Å². The van der Waals surface area contributed by atoms with Crippen LogP contribution in [0.3, 0.4) is 0 Å². The quantitative estimate of drug-likeness (QED) is 0.845. The van der Waals surface area contributed by atoms with Gasteiger partial charge < -0.3 is 14.8 Å². The highest BCUT2D eigenvalue weighted by Crippen LogP contribution is 2.16. The maximum atomic E-state index is 11.0. The van der Waals surface area contributed by atoms with Crippen LogP contribution in [0.25, 0.3) is 5.69 Å². The molecular weight excluding hydrogens is 222 g/mol. The number of carbonyl (C=O) groups is 2. The molecule has 0 unspecified atom stereocenters. The van der Waals surface area contributed by atoms with Crippen LogP contribution in [0.5, 0.6) is 0 Å². The Labute approximate surface area is 96.5 Å². The molecule has 5 heteroatoms. The molecule has 17 heavy (non-hydrogen) atoms. The molecule has 0 saturated carbocycles. The molecule has 0 spiro atoms. The Balaban J connectivity index is 2.52.